The molecule has 0 amide bonds. The van der Waals surface area contributed by atoms with Crippen molar-refractivity contribution >= 4 is 17.3 Å². The number of nitrogens with two attached hydrogens (primary N) is 1. The molecule has 2 rings (SSSR count). The van der Waals surface area contributed by atoms with Gasteiger partial charge in [-0.2, -0.15) is 0 Å². The van der Waals surface area contributed by atoms with Crippen LogP contribution in [0.3, 0.4) is 0 Å². The van der Waals surface area contributed by atoms with Gasteiger partial charge in [0, 0.05) is 0 Å². The van der Waals surface area contributed by atoms with Crippen molar-refractivity contribution in [2.75, 3.05) is 11.1 Å². The van der Waals surface area contributed by atoms with Gasteiger partial charge in [-0.25, -0.2) is 0 Å². The molecule has 0 saturated carbocycles. The van der Waals surface area contributed by atoms with Crippen molar-refractivity contribution in [2.24, 2.45) is 5.41 Å². The van der Waals surface area contributed by atoms with Crippen molar-refractivity contribution in [1.29, 1.82) is 0 Å². The minimum Gasteiger partial charge on any atom is -0.481 e. The summed E-state index contributed by atoms with van der Waals surface area (Å²) in [6.07, 6.45) is -0.0468. The summed E-state index contributed by atoms with van der Waals surface area (Å²) in [6, 6.07) is 17.1. The van der Waals surface area contributed by atoms with Crippen LogP contribution in [-0.2, 0) is 10.3 Å². The molecule has 4 N–H and O–H groups in total. The molecule has 2 aromatic carbocycles. The Morgan fingerprint density at radius 3 is 2.13 bits per heavy atom. The highest BCUT2D eigenvalue weighted by Crippen LogP contribution is 2.45. The summed E-state index contributed by atoms with van der Waals surface area (Å²) >= 11 is 0. The number of nitrogen functional groups attached to an aromatic ring is 1. The monoisotopic (exact) mass is 312 g/mol. The molecule has 1 atom stereocenters. The fraction of sp³-hybridized carbons (Fsp3) is 0.316. The van der Waals surface area contributed by atoms with Crippen LogP contribution in [0.2, 0.25) is 0 Å². The fourth-order valence-electron chi connectivity index (χ4n) is 2.89. The van der Waals surface area contributed by atoms with Crippen LogP contribution in [0.1, 0.15) is 32.8 Å². The summed E-state index contributed by atoms with van der Waals surface area (Å²) in [4.78, 5) is 11.6. The maximum absolute atomic E-state index is 11.6. The molecule has 0 unspecified atom stereocenters. The summed E-state index contributed by atoms with van der Waals surface area (Å²) in [7, 11) is 0. The summed E-state index contributed by atoms with van der Waals surface area (Å²) in [5, 5.41) is 13.0. The highest BCUT2D eigenvalue weighted by atomic mass is 16.4. The molecular weight excluding hydrogens is 288 g/mol. The molecule has 0 aliphatic rings. The van der Waals surface area contributed by atoms with Gasteiger partial charge in [0.2, 0.25) is 0 Å². The lowest BCUT2D eigenvalue weighted by atomic mass is 9.67. The Balaban J connectivity index is 2.62. The first kappa shape index (κ1) is 16.9. The molecule has 4 nitrogen and oxygen atoms in total. The van der Waals surface area contributed by atoms with Gasteiger partial charge in [-0.3, -0.25) is 4.79 Å². The molecule has 0 fully saturated rings. The zero-order chi connectivity index (χ0) is 17.1. The first-order valence-electron chi connectivity index (χ1n) is 7.66. The molecule has 2 aromatic rings. The van der Waals surface area contributed by atoms with Gasteiger partial charge < -0.3 is 16.2 Å². The van der Waals surface area contributed by atoms with Crippen molar-refractivity contribution in [3.8, 4) is 0 Å². The van der Waals surface area contributed by atoms with Crippen LogP contribution in [-0.4, -0.2) is 11.1 Å². The largest absolute Gasteiger partial charge is 0.481 e. The van der Waals surface area contributed by atoms with Crippen molar-refractivity contribution in [3.05, 3.63) is 60.2 Å². The Kier molecular flexibility index (Phi) is 4.64. The number of carboxylic acids is 1. The Hall–Kier alpha value is -2.49. The third-order valence-electron chi connectivity index (χ3n) is 4.27. The van der Waals surface area contributed by atoms with E-state index in [1.54, 1.807) is 0 Å². The molecule has 0 saturated heterocycles. The highest BCUT2D eigenvalue weighted by Gasteiger charge is 2.45. The standard InChI is InChI=1S/C19H24N2O2/c1-18(2,3)19(13-17(22)23,14-9-5-4-6-10-14)21-16-12-8-7-11-15(16)20/h4-12,21H,13,20H2,1-3H3,(H,22,23)/t19-/m0/s1. The fourth-order valence-corrected chi connectivity index (χ4v) is 2.89. The average molecular weight is 312 g/mol. The van der Waals surface area contributed by atoms with E-state index < -0.39 is 11.5 Å². The highest BCUT2D eigenvalue weighted by molar-refractivity contribution is 5.73. The Morgan fingerprint density at radius 1 is 1.04 bits per heavy atom. The van der Waals surface area contributed by atoms with E-state index in [0.717, 1.165) is 11.3 Å². The van der Waals surface area contributed by atoms with Gasteiger partial charge >= 0.3 is 5.97 Å². The van der Waals surface area contributed by atoms with E-state index in [-0.39, 0.29) is 11.8 Å². The summed E-state index contributed by atoms with van der Waals surface area (Å²) in [6.45, 7) is 6.11. The van der Waals surface area contributed by atoms with Crippen molar-refractivity contribution in [3.63, 3.8) is 0 Å². The Bertz CT molecular complexity index is 677. The number of benzene rings is 2. The lowest BCUT2D eigenvalue weighted by Gasteiger charge is -2.46. The number of hydrogen-bond acceptors (Lipinski definition) is 3. The first-order valence-corrected chi connectivity index (χ1v) is 7.66. The maximum atomic E-state index is 11.6. The number of hydrogen-bond donors (Lipinski definition) is 3. The summed E-state index contributed by atoms with van der Waals surface area (Å²) < 4.78 is 0. The quantitative estimate of drug-likeness (QED) is 0.727. The molecular formula is C19H24N2O2. The van der Waals surface area contributed by atoms with E-state index in [1.807, 2.05) is 75.4 Å². The van der Waals surface area contributed by atoms with Gasteiger partial charge in [0.25, 0.3) is 0 Å². The number of para-hydroxylation sites is 2. The van der Waals surface area contributed by atoms with Crippen LogP contribution in [0.25, 0.3) is 0 Å². The van der Waals surface area contributed by atoms with Crippen LogP contribution in [0, 0.1) is 5.41 Å². The van der Waals surface area contributed by atoms with Crippen LogP contribution < -0.4 is 11.1 Å². The number of rotatable bonds is 5. The third kappa shape index (κ3) is 3.47. The zero-order valence-electron chi connectivity index (χ0n) is 13.8. The number of nitrogens with one attached hydrogen (secondary N) is 1. The molecule has 122 valence electrons. The summed E-state index contributed by atoms with van der Waals surface area (Å²) in [5.74, 6) is -0.856. The smallest absolute Gasteiger partial charge is 0.306 e. The molecule has 0 bridgehead atoms. The predicted molar refractivity (Wildman–Crippen MR) is 94.3 cm³/mol. The predicted octanol–water partition coefficient (Wildman–Crippen LogP) is 4.10. The van der Waals surface area contributed by atoms with Crippen LogP contribution in [0.4, 0.5) is 11.4 Å². The SMILES string of the molecule is CC(C)(C)[C@@](CC(=O)O)(Nc1ccccc1N)c1ccccc1. The Morgan fingerprint density at radius 2 is 1.61 bits per heavy atom. The van der Waals surface area contributed by atoms with E-state index in [4.69, 9.17) is 5.73 Å². The molecule has 23 heavy (non-hydrogen) atoms. The maximum Gasteiger partial charge on any atom is 0.306 e. The van der Waals surface area contributed by atoms with Gasteiger partial charge in [-0.15, -0.1) is 0 Å². The van der Waals surface area contributed by atoms with Gasteiger partial charge in [0.1, 0.15) is 0 Å². The number of aliphatic carboxylic acids is 1. The van der Waals surface area contributed by atoms with E-state index in [0.29, 0.717) is 5.69 Å². The second kappa shape index (κ2) is 6.32. The van der Waals surface area contributed by atoms with Gasteiger partial charge in [-0.1, -0.05) is 63.2 Å². The molecule has 0 aliphatic heterocycles. The molecule has 4 heteroatoms. The van der Waals surface area contributed by atoms with Gasteiger partial charge in [0.05, 0.1) is 23.3 Å². The number of carboxylic acid groups (broad SMARTS) is 1. The van der Waals surface area contributed by atoms with Crippen molar-refractivity contribution in [2.45, 2.75) is 32.7 Å². The Labute approximate surface area is 137 Å². The van der Waals surface area contributed by atoms with Crippen LogP contribution >= 0.6 is 0 Å². The molecule has 0 aromatic heterocycles. The van der Waals surface area contributed by atoms with E-state index >= 15 is 0 Å². The van der Waals surface area contributed by atoms with Crippen LogP contribution in [0.5, 0.6) is 0 Å². The van der Waals surface area contributed by atoms with E-state index in [2.05, 4.69) is 5.32 Å². The normalized spacial score (nSPS) is 14.0. The average Bonchev–Trinajstić information content (AvgIpc) is 2.48. The molecule has 0 spiro atoms. The summed E-state index contributed by atoms with van der Waals surface area (Å²) in [5.41, 5.74) is 7.21. The minimum atomic E-state index is -0.856. The van der Waals surface area contributed by atoms with Crippen molar-refractivity contribution in [1.82, 2.24) is 0 Å². The minimum absolute atomic E-state index is 0.0468. The van der Waals surface area contributed by atoms with E-state index in [9.17, 15) is 9.90 Å². The van der Waals surface area contributed by atoms with E-state index in [1.165, 1.54) is 0 Å². The lowest BCUT2D eigenvalue weighted by Crippen LogP contribution is -2.48. The topological polar surface area (TPSA) is 75.3 Å². The number of anilines is 2. The first-order chi connectivity index (χ1) is 10.8. The second-order valence-electron chi connectivity index (χ2n) is 6.80. The third-order valence-corrected chi connectivity index (χ3v) is 4.27. The molecule has 0 radical (unpaired) electrons. The lowest BCUT2D eigenvalue weighted by molar-refractivity contribution is -0.139. The van der Waals surface area contributed by atoms with Gasteiger partial charge in [-0.05, 0) is 23.1 Å². The van der Waals surface area contributed by atoms with Gasteiger partial charge in [0.15, 0.2) is 0 Å². The number of carbonyl (C=O) groups is 1. The van der Waals surface area contributed by atoms with Crippen LogP contribution in [0.15, 0.2) is 54.6 Å². The van der Waals surface area contributed by atoms with Crippen molar-refractivity contribution < 1.29 is 9.90 Å². The second-order valence-corrected chi connectivity index (χ2v) is 6.80. The zero-order valence-corrected chi connectivity index (χ0v) is 13.8. The molecule has 0 heterocycles. The molecule has 0 aliphatic carbocycles.